The zero-order valence-corrected chi connectivity index (χ0v) is 10.0. The Morgan fingerprint density at radius 2 is 2.33 bits per heavy atom. The van der Waals surface area contributed by atoms with E-state index in [1.165, 1.54) is 6.07 Å². The van der Waals surface area contributed by atoms with Crippen molar-refractivity contribution in [1.82, 2.24) is 9.97 Å². The van der Waals surface area contributed by atoms with Crippen LogP contribution in [0, 0.1) is 5.82 Å². The van der Waals surface area contributed by atoms with E-state index in [2.05, 4.69) is 15.3 Å². The number of rotatable bonds is 5. The van der Waals surface area contributed by atoms with Crippen LogP contribution in [0.1, 0.15) is 12.6 Å². The minimum atomic E-state index is -0.457. The number of imidazole rings is 1. The zero-order chi connectivity index (χ0) is 13.0. The van der Waals surface area contributed by atoms with Gasteiger partial charge in [0, 0.05) is 18.3 Å². The van der Waals surface area contributed by atoms with Gasteiger partial charge in [0.1, 0.15) is 0 Å². The molecule has 0 aliphatic rings. The van der Waals surface area contributed by atoms with E-state index in [0.29, 0.717) is 24.5 Å². The molecule has 0 unspecified atom stereocenters. The second-order valence-corrected chi connectivity index (χ2v) is 3.73. The number of nitrogens with zero attached hydrogens (tertiary/aromatic N) is 1. The lowest BCUT2D eigenvalue weighted by Crippen LogP contribution is -2.05. The van der Waals surface area contributed by atoms with Crippen LogP contribution in [0.3, 0.4) is 0 Å². The number of ether oxygens (including phenoxy) is 1. The molecule has 0 fully saturated rings. The van der Waals surface area contributed by atoms with Gasteiger partial charge in [-0.05, 0) is 6.92 Å². The van der Waals surface area contributed by atoms with Gasteiger partial charge in [0.2, 0.25) is 0 Å². The fraction of sp³-hybridized carbons (Fsp3) is 0.250. The monoisotopic (exact) mass is 250 g/mol. The van der Waals surface area contributed by atoms with Crippen LogP contribution >= 0.6 is 0 Å². The normalized spacial score (nSPS) is 10.3. The number of H-pyrrole nitrogens is 1. The summed E-state index contributed by atoms with van der Waals surface area (Å²) >= 11 is 0. The Hall–Kier alpha value is -2.24. The molecular formula is C12H15FN4O. The summed E-state index contributed by atoms with van der Waals surface area (Å²) < 4.78 is 18.7. The predicted molar refractivity (Wildman–Crippen MR) is 67.9 cm³/mol. The summed E-state index contributed by atoms with van der Waals surface area (Å²) in [7, 11) is 0. The molecule has 96 valence electrons. The van der Waals surface area contributed by atoms with E-state index in [9.17, 15) is 4.39 Å². The highest BCUT2D eigenvalue weighted by atomic mass is 19.1. The quantitative estimate of drug-likeness (QED) is 0.711. The Kier molecular flexibility index (Phi) is 3.66. The third-order valence-electron chi connectivity index (χ3n) is 2.43. The Labute approximate surface area is 104 Å². The average Bonchev–Trinajstić information content (AvgIpc) is 2.84. The molecule has 1 aromatic carbocycles. The second-order valence-electron chi connectivity index (χ2n) is 3.73. The fourth-order valence-corrected chi connectivity index (χ4v) is 1.56. The Morgan fingerprint density at radius 1 is 1.50 bits per heavy atom. The Bertz CT molecular complexity index is 513. The molecular weight excluding hydrogens is 235 g/mol. The third-order valence-corrected chi connectivity index (χ3v) is 2.43. The van der Waals surface area contributed by atoms with Gasteiger partial charge in [-0.25, -0.2) is 9.37 Å². The minimum Gasteiger partial charge on any atom is -0.491 e. The molecule has 0 saturated heterocycles. The molecule has 2 aromatic rings. The van der Waals surface area contributed by atoms with Crippen molar-refractivity contribution in [2.75, 3.05) is 17.7 Å². The molecule has 0 aliphatic heterocycles. The molecule has 6 heteroatoms. The summed E-state index contributed by atoms with van der Waals surface area (Å²) in [6.45, 7) is 2.73. The van der Waals surface area contributed by atoms with E-state index in [0.717, 1.165) is 5.69 Å². The first-order chi connectivity index (χ1) is 8.70. The molecule has 18 heavy (non-hydrogen) atoms. The summed E-state index contributed by atoms with van der Waals surface area (Å²) in [5.41, 5.74) is 7.63. The van der Waals surface area contributed by atoms with E-state index in [4.69, 9.17) is 10.5 Å². The molecule has 0 atom stereocenters. The van der Waals surface area contributed by atoms with Crippen LogP contribution < -0.4 is 15.8 Å². The van der Waals surface area contributed by atoms with Crippen molar-refractivity contribution in [2.24, 2.45) is 0 Å². The first kappa shape index (κ1) is 12.2. The molecule has 2 rings (SSSR count). The highest BCUT2D eigenvalue weighted by molar-refractivity contribution is 5.68. The van der Waals surface area contributed by atoms with Crippen LogP contribution in [0.4, 0.5) is 15.8 Å². The first-order valence-electron chi connectivity index (χ1n) is 5.63. The molecule has 0 radical (unpaired) electrons. The highest BCUT2D eigenvalue weighted by Gasteiger charge is 2.08. The molecule has 0 aliphatic carbocycles. The minimum absolute atomic E-state index is 0.193. The molecule has 0 spiro atoms. The number of aromatic amines is 1. The van der Waals surface area contributed by atoms with E-state index >= 15 is 0 Å². The lowest BCUT2D eigenvalue weighted by molar-refractivity contribution is 0.322. The van der Waals surface area contributed by atoms with Gasteiger partial charge in [0.05, 0.1) is 36.5 Å². The van der Waals surface area contributed by atoms with Crippen LogP contribution in [0.15, 0.2) is 24.7 Å². The number of halogens is 1. The predicted octanol–water partition coefficient (Wildman–Crippen LogP) is 2.14. The summed E-state index contributed by atoms with van der Waals surface area (Å²) in [5.74, 6) is -0.264. The third kappa shape index (κ3) is 2.71. The maximum atomic E-state index is 13.5. The van der Waals surface area contributed by atoms with Gasteiger partial charge >= 0.3 is 0 Å². The van der Waals surface area contributed by atoms with Gasteiger partial charge in [0.15, 0.2) is 11.6 Å². The molecule has 4 N–H and O–H groups in total. The zero-order valence-electron chi connectivity index (χ0n) is 10.0. The summed E-state index contributed by atoms with van der Waals surface area (Å²) in [4.78, 5) is 6.86. The van der Waals surface area contributed by atoms with Crippen molar-refractivity contribution in [3.63, 3.8) is 0 Å². The number of nitrogens with two attached hydrogens (primary N) is 1. The number of aromatic nitrogens is 2. The summed E-state index contributed by atoms with van der Waals surface area (Å²) in [5, 5.41) is 3.10. The maximum absolute atomic E-state index is 13.5. The van der Waals surface area contributed by atoms with Gasteiger partial charge in [-0.2, -0.15) is 0 Å². The standard InChI is InChI=1S/C12H15FN4O/c1-2-18-12-4-11(10(14)3-9(12)13)16-6-8-5-15-7-17-8/h3-5,7,16H,2,6,14H2,1H3,(H,15,17). The largest absolute Gasteiger partial charge is 0.491 e. The number of hydrogen-bond acceptors (Lipinski definition) is 4. The van der Waals surface area contributed by atoms with E-state index in [1.807, 2.05) is 0 Å². The van der Waals surface area contributed by atoms with Gasteiger partial charge in [-0.1, -0.05) is 0 Å². The maximum Gasteiger partial charge on any atom is 0.167 e. The van der Waals surface area contributed by atoms with Crippen LogP contribution in [0.2, 0.25) is 0 Å². The number of nitrogens with one attached hydrogen (secondary N) is 2. The van der Waals surface area contributed by atoms with E-state index in [-0.39, 0.29) is 5.75 Å². The van der Waals surface area contributed by atoms with Crippen LogP contribution in [-0.4, -0.2) is 16.6 Å². The van der Waals surface area contributed by atoms with Crippen molar-refractivity contribution >= 4 is 11.4 Å². The number of benzene rings is 1. The van der Waals surface area contributed by atoms with Gasteiger partial charge in [-0.15, -0.1) is 0 Å². The molecule has 0 bridgehead atoms. The lowest BCUT2D eigenvalue weighted by Gasteiger charge is -2.12. The van der Waals surface area contributed by atoms with E-state index < -0.39 is 5.82 Å². The van der Waals surface area contributed by atoms with Crippen LogP contribution in [0.5, 0.6) is 5.75 Å². The molecule has 0 saturated carbocycles. The van der Waals surface area contributed by atoms with Crippen molar-refractivity contribution < 1.29 is 9.13 Å². The average molecular weight is 250 g/mol. The molecule has 5 nitrogen and oxygen atoms in total. The van der Waals surface area contributed by atoms with Gasteiger partial charge < -0.3 is 20.8 Å². The number of anilines is 2. The van der Waals surface area contributed by atoms with Crippen molar-refractivity contribution in [3.8, 4) is 5.75 Å². The summed E-state index contributed by atoms with van der Waals surface area (Å²) in [6, 6.07) is 2.81. The first-order valence-corrected chi connectivity index (χ1v) is 5.63. The molecule has 1 aromatic heterocycles. The smallest absolute Gasteiger partial charge is 0.167 e. The SMILES string of the molecule is CCOc1cc(NCc2cnc[nH]2)c(N)cc1F. The van der Waals surface area contributed by atoms with E-state index in [1.54, 1.807) is 25.5 Å². The van der Waals surface area contributed by atoms with Crippen molar-refractivity contribution in [1.29, 1.82) is 0 Å². The lowest BCUT2D eigenvalue weighted by atomic mass is 10.2. The molecule has 0 amide bonds. The van der Waals surface area contributed by atoms with Crippen LogP contribution in [0.25, 0.3) is 0 Å². The van der Waals surface area contributed by atoms with Gasteiger partial charge in [0.25, 0.3) is 0 Å². The Balaban J connectivity index is 2.13. The topological polar surface area (TPSA) is 76.0 Å². The number of nitrogen functional groups attached to an aromatic ring is 1. The number of hydrogen-bond donors (Lipinski definition) is 3. The summed E-state index contributed by atoms with van der Waals surface area (Å²) in [6.07, 6.45) is 3.30. The van der Waals surface area contributed by atoms with Crippen LogP contribution in [-0.2, 0) is 6.54 Å². The van der Waals surface area contributed by atoms with Crippen molar-refractivity contribution in [2.45, 2.75) is 13.5 Å². The van der Waals surface area contributed by atoms with Gasteiger partial charge in [-0.3, -0.25) is 0 Å². The molecule has 1 heterocycles. The van der Waals surface area contributed by atoms with Crippen molar-refractivity contribution in [3.05, 3.63) is 36.2 Å². The highest BCUT2D eigenvalue weighted by Crippen LogP contribution is 2.28. The Morgan fingerprint density at radius 3 is 3.00 bits per heavy atom. The fourth-order valence-electron chi connectivity index (χ4n) is 1.56. The second kappa shape index (κ2) is 5.39.